The number of piperazine rings is 1. The standard InChI is InChI=1S/C28H37N5O2S2/c1-4-5-6-7-21-8-11-23(12-9-21)37-31-24-18-22(10-13-26(24)35-3)25-20-36-28(29-25)30-27(34)19-33-16-14-32(2)15-17-33/h8-13,18,20,31H,4-7,14-17,19H2,1-3H3,(H,29,30,34). The number of methoxy groups -OCH3 is 1. The molecule has 198 valence electrons. The van der Waals surface area contributed by atoms with Crippen molar-refractivity contribution >= 4 is 40.0 Å². The second-order valence-corrected chi connectivity index (χ2v) is 11.1. The van der Waals surface area contributed by atoms with E-state index >= 15 is 0 Å². The number of carbonyl (C=O) groups excluding carboxylic acids is 1. The fraction of sp³-hybridized carbons (Fsp3) is 0.429. The van der Waals surface area contributed by atoms with Crippen LogP contribution in [-0.2, 0) is 11.2 Å². The topological polar surface area (TPSA) is 69.7 Å². The third-order valence-electron chi connectivity index (χ3n) is 6.48. The van der Waals surface area contributed by atoms with Crippen LogP contribution in [0.1, 0.15) is 31.7 Å². The first kappa shape index (κ1) is 27.4. The van der Waals surface area contributed by atoms with Gasteiger partial charge in [-0.2, -0.15) is 0 Å². The van der Waals surface area contributed by atoms with Gasteiger partial charge < -0.3 is 19.7 Å². The van der Waals surface area contributed by atoms with Crippen molar-refractivity contribution in [2.75, 3.05) is 56.9 Å². The summed E-state index contributed by atoms with van der Waals surface area (Å²) in [6.07, 6.45) is 4.89. The van der Waals surface area contributed by atoms with Crippen molar-refractivity contribution in [3.8, 4) is 17.0 Å². The van der Waals surface area contributed by atoms with Crippen LogP contribution in [0.3, 0.4) is 0 Å². The van der Waals surface area contributed by atoms with Crippen molar-refractivity contribution in [3.05, 3.63) is 53.4 Å². The quantitative estimate of drug-likeness (QED) is 0.221. The van der Waals surface area contributed by atoms with Crippen LogP contribution < -0.4 is 14.8 Å². The molecule has 0 radical (unpaired) electrons. The highest BCUT2D eigenvalue weighted by Crippen LogP contribution is 2.34. The van der Waals surface area contributed by atoms with Gasteiger partial charge in [0.1, 0.15) is 5.75 Å². The molecule has 0 atom stereocenters. The number of unbranched alkanes of at least 4 members (excludes halogenated alkanes) is 2. The average Bonchev–Trinajstić information content (AvgIpc) is 3.38. The number of hydrogen-bond acceptors (Lipinski definition) is 8. The summed E-state index contributed by atoms with van der Waals surface area (Å²) in [5.74, 6) is 0.749. The third kappa shape index (κ3) is 8.20. The summed E-state index contributed by atoms with van der Waals surface area (Å²) in [7, 11) is 3.78. The Morgan fingerprint density at radius 2 is 1.89 bits per heavy atom. The first-order chi connectivity index (χ1) is 18.0. The SMILES string of the molecule is CCCCCc1ccc(SNc2cc(-c3csc(NC(=O)CN4CCN(C)CC4)n3)ccc2OC)cc1. The molecule has 4 rings (SSSR count). The van der Waals surface area contributed by atoms with E-state index in [1.54, 1.807) is 19.1 Å². The molecule has 0 saturated carbocycles. The predicted octanol–water partition coefficient (Wildman–Crippen LogP) is 5.86. The number of nitrogens with one attached hydrogen (secondary N) is 2. The normalized spacial score (nSPS) is 14.5. The smallest absolute Gasteiger partial charge is 0.240 e. The van der Waals surface area contributed by atoms with Crippen LogP contribution in [0.5, 0.6) is 5.75 Å². The zero-order valence-corrected chi connectivity index (χ0v) is 23.6. The van der Waals surface area contributed by atoms with Crippen molar-refractivity contribution in [2.24, 2.45) is 0 Å². The molecule has 0 aliphatic carbocycles. The number of rotatable bonds is 12. The van der Waals surface area contributed by atoms with E-state index in [2.05, 4.69) is 63.1 Å². The number of aryl methyl sites for hydroxylation is 1. The minimum Gasteiger partial charge on any atom is -0.495 e. The van der Waals surface area contributed by atoms with Gasteiger partial charge in [0.2, 0.25) is 5.91 Å². The number of aromatic nitrogens is 1. The molecule has 2 heterocycles. The largest absolute Gasteiger partial charge is 0.495 e. The number of thiazole rings is 1. The molecule has 37 heavy (non-hydrogen) atoms. The number of carbonyl (C=O) groups is 1. The second-order valence-electron chi connectivity index (χ2n) is 9.39. The van der Waals surface area contributed by atoms with Crippen molar-refractivity contribution in [2.45, 2.75) is 37.5 Å². The van der Waals surface area contributed by atoms with E-state index in [0.29, 0.717) is 11.7 Å². The number of amides is 1. The third-order valence-corrected chi connectivity index (χ3v) is 8.07. The molecule has 0 spiro atoms. The molecule has 1 saturated heterocycles. The molecule has 2 N–H and O–H groups in total. The zero-order valence-electron chi connectivity index (χ0n) is 22.0. The Hall–Kier alpha value is -2.59. The van der Waals surface area contributed by atoms with Gasteiger partial charge >= 0.3 is 0 Å². The van der Waals surface area contributed by atoms with E-state index in [1.807, 2.05) is 23.6 Å². The summed E-state index contributed by atoms with van der Waals surface area (Å²) in [4.78, 5) is 22.8. The lowest BCUT2D eigenvalue weighted by atomic mass is 10.1. The molecule has 1 aromatic heterocycles. The Morgan fingerprint density at radius 1 is 1.11 bits per heavy atom. The van der Waals surface area contributed by atoms with Crippen LogP contribution >= 0.6 is 23.3 Å². The molecule has 7 nitrogen and oxygen atoms in total. The second kappa shape index (κ2) is 13.8. The van der Waals surface area contributed by atoms with Crippen LogP contribution in [0.15, 0.2) is 52.7 Å². The Bertz CT molecular complexity index is 1140. The molecule has 0 unspecified atom stereocenters. The van der Waals surface area contributed by atoms with Gasteiger partial charge in [-0.3, -0.25) is 9.69 Å². The summed E-state index contributed by atoms with van der Waals surface area (Å²) in [6, 6.07) is 14.7. The molecule has 1 amide bonds. The molecular weight excluding hydrogens is 502 g/mol. The van der Waals surface area contributed by atoms with E-state index in [4.69, 9.17) is 4.74 Å². The van der Waals surface area contributed by atoms with Gasteiger partial charge in [0, 0.05) is 42.0 Å². The summed E-state index contributed by atoms with van der Waals surface area (Å²) in [5.41, 5.74) is 4.05. The van der Waals surface area contributed by atoms with Gasteiger partial charge in [0.25, 0.3) is 0 Å². The highest BCUT2D eigenvalue weighted by molar-refractivity contribution is 8.00. The molecular formula is C28H37N5O2S2. The van der Waals surface area contributed by atoms with Gasteiger partial charge in [-0.05, 0) is 67.7 Å². The minimum absolute atomic E-state index is 0.0182. The maximum atomic E-state index is 12.5. The Morgan fingerprint density at radius 3 is 2.62 bits per heavy atom. The van der Waals surface area contributed by atoms with Crippen LogP contribution in [0.25, 0.3) is 11.3 Å². The van der Waals surface area contributed by atoms with Crippen LogP contribution in [0.4, 0.5) is 10.8 Å². The average molecular weight is 540 g/mol. The fourth-order valence-corrected chi connectivity index (χ4v) is 5.59. The Balaban J connectivity index is 1.35. The molecule has 1 aliphatic heterocycles. The lowest BCUT2D eigenvalue weighted by molar-refractivity contribution is -0.117. The highest BCUT2D eigenvalue weighted by Gasteiger charge is 2.17. The number of benzene rings is 2. The number of likely N-dealkylation sites (N-methyl/N-ethyl adjacent to an activating group) is 1. The first-order valence-corrected chi connectivity index (χ1v) is 14.6. The monoisotopic (exact) mass is 539 g/mol. The summed E-state index contributed by atoms with van der Waals surface area (Å²) >= 11 is 3.00. The van der Waals surface area contributed by atoms with E-state index in [0.717, 1.165) is 60.2 Å². The van der Waals surface area contributed by atoms with E-state index < -0.39 is 0 Å². The first-order valence-electron chi connectivity index (χ1n) is 12.9. The maximum absolute atomic E-state index is 12.5. The van der Waals surface area contributed by atoms with Crippen molar-refractivity contribution < 1.29 is 9.53 Å². The van der Waals surface area contributed by atoms with Crippen LogP contribution in [0.2, 0.25) is 0 Å². The summed E-state index contributed by atoms with van der Waals surface area (Å²) in [6.45, 7) is 6.44. The number of hydrogen-bond donors (Lipinski definition) is 2. The fourth-order valence-electron chi connectivity index (χ4n) is 4.20. The van der Waals surface area contributed by atoms with E-state index in [9.17, 15) is 4.79 Å². The van der Waals surface area contributed by atoms with Gasteiger partial charge in [-0.15, -0.1) is 11.3 Å². The van der Waals surface area contributed by atoms with Gasteiger partial charge in [0.15, 0.2) is 5.13 Å². The van der Waals surface area contributed by atoms with Crippen LogP contribution in [-0.4, -0.2) is 67.6 Å². The van der Waals surface area contributed by atoms with Gasteiger partial charge in [0.05, 0.1) is 25.0 Å². The van der Waals surface area contributed by atoms with Gasteiger partial charge in [-0.1, -0.05) is 31.9 Å². The van der Waals surface area contributed by atoms with Crippen molar-refractivity contribution in [1.82, 2.24) is 14.8 Å². The summed E-state index contributed by atoms with van der Waals surface area (Å²) in [5, 5.41) is 5.56. The Labute approximate surface area is 228 Å². The van der Waals surface area contributed by atoms with E-state index in [-0.39, 0.29) is 5.91 Å². The molecule has 2 aromatic carbocycles. The Kier molecular flexibility index (Phi) is 10.2. The zero-order chi connectivity index (χ0) is 26.0. The molecule has 9 heteroatoms. The summed E-state index contributed by atoms with van der Waals surface area (Å²) < 4.78 is 9.02. The van der Waals surface area contributed by atoms with Crippen molar-refractivity contribution in [3.63, 3.8) is 0 Å². The molecule has 3 aromatic rings. The van der Waals surface area contributed by atoms with Crippen LogP contribution in [0, 0.1) is 0 Å². The predicted molar refractivity (Wildman–Crippen MR) is 156 cm³/mol. The number of anilines is 2. The van der Waals surface area contributed by atoms with Crippen molar-refractivity contribution in [1.29, 1.82) is 0 Å². The molecule has 1 fully saturated rings. The lowest BCUT2D eigenvalue weighted by Crippen LogP contribution is -2.47. The number of ether oxygens (including phenoxy) is 1. The highest BCUT2D eigenvalue weighted by atomic mass is 32.2. The van der Waals surface area contributed by atoms with Gasteiger partial charge in [-0.25, -0.2) is 4.98 Å². The maximum Gasteiger partial charge on any atom is 0.240 e. The minimum atomic E-state index is -0.0182. The molecule has 0 bridgehead atoms. The molecule has 1 aliphatic rings. The number of nitrogens with zero attached hydrogens (tertiary/aromatic N) is 3. The lowest BCUT2D eigenvalue weighted by Gasteiger charge is -2.31. The van der Waals surface area contributed by atoms with E-state index in [1.165, 1.54) is 36.2 Å².